The van der Waals surface area contributed by atoms with Crippen molar-refractivity contribution in [1.82, 2.24) is 4.90 Å². The summed E-state index contributed by atoms with van der Waals surface area (Å²) in [4.78, 5) is 13.5. The molecule has 16 heavy (non-hydrogen) atoms. The van der Waals surface area contributed by atoms with Crippen molar-refractivity contribution in [3.63, 3.8) is 0 Å². The van der Waals surface area contributed by atoms with E-state index in [1.807, 2.05) is 0 Å². The van der Waals surface area contributed by atoms with E-state index in [0.29, 0.717) is 6.54 Å². The predicted octanol–water partition coefficient (Wildman–Crippen LogP) is 0.842. The van der Waals surface area contributed by atoms with Gasteiger partial charge in [-0.1, -0.05) is 12.1 Å². The summed E-state index contributed by atoms with van der Waals surface area (Å²) in [5.74, 6) is 0.232. The van der Waals surface area contributed by atoms with Crippen LogP contribution in [0.4, 0.5) is 0 Å². The molecule has 4 nitrogen and oxygen atoms in total. The van der Waals surface area contributed by atoms with Crippen molar-refractivity contribution in [1.29, 1.82) is 0 Å². The molecule has 86 valence electrons. The highest BCUT2D eigenvalue weighted by molar-refractivity contribution is 5.88. The molecule has 1 fully saturated rings. The molecular formula is C12H16N2O2. The Bertz CT molecular complexity index is 396. The molecule has 1 amide bonds. The number of amides is 1. The molecule has 1 saturated carbocycles. The van der Waals surface area contributed by atoms with Gasteiger partial charge in [0.25, 0.3) is 0 Å². The second-order valence-electron chi connectivity index (χ2n) is 4.48. The summed E-state index contributed by atoms with van der Waals surface area (Å²) >= 11 is 0. The van der Waals surface area contributed by atoms with Crippen LogP contribution < -0.4 is 5.73 Å². The number of nitrogens with two attached hydrogens (primary N) is 1. The maximum absolute atomic E-state index is 11.8. The number of nitrogens with zero attached hydrogens (tertiary/aromatic N) is 1. The van der Waals surface area contributed by atoms with Crippen LogP contribution in [0.3, 0.4) is 0 Å². The number of benzene rings is 1. The molecule has 4 heteroatoms. The Hall–Kier alpha value is -1.55. The minimum Gasteiger partial charge on any atom is -0.508 e. The summed E-state index contributed by atoms with van der Waals surface area (Å²) in [5.41, 5.74) is 6.22. The third-order valence-corrected chi connectivity index (χ3v) is 2.92. The first-order chi connectivity index (χ1) is 7.51. The Balaban J connectivity index is 1.99. The molecule has 0 spiro atoms. The largest absolute Gasteiger partial charge is 0.508 e. The van der Waals surface area contributed by atoms with E-state index < -0.39 is 5.54 Å². The predicted molar refractivity (Wildman–Crippen MR) is 60.7 cm³/mol. The van der Waals surface area contributed by atoms with Crippen LogP contribution in [0.2, 0.25) is 0 Å². The molecule has 1 aliphatic rings. The van der Waals surface area contributed by atoms with E-state index in [1.165, 1.54) is 0 Å². The second kappa shape index (κ2) is 3.79. The lowest BCUT2D eigenvalue weighted by molar-refractivity contribution is -0.132. The fraction of sp³-hybridized carbons (Fsp3) is 0.417. The maximum atomic E-state index is 11.8. The van der Waals surface area contributed by atoms with Crippen molar-refractivity contribution in [3.05, 3.63) is 29.8 Å². The summed E-state index contributed by atoms with van der Waals surface area (Å²) in [6.45, 7) is 0.526. The van der Waals surface area contributed by atoms with Crippen LogP contribution in [0, 0.1) is 0 Å². The second-order valence-corrected chi connectivity index (χ2v) is 4.48. The number of carbonyl (C=O) groups is 1. The lowest BCUT2D eigenvalue weighted by atomic mass is 10.2. The quantitative estimate of drug-likeness (QED) is 0.793. The van der Waals surface area contributed by atoms with Gasteiger partial charge in [0.05, 0.1) is 5.54 Å². The number of hydrogen-bond acceptors (Lipinski definition) is 3. The Morgan fingerprint density at radius 2 is 2.00 bits per heavy atom. The van der Waals surface area contributed by atoms with Crippen molar-refractivity contribution in [2.75, 3.05) is 7.05 Å². The number of carbonyl (C=O) groups excluding carboxylic acids is 1. The zero-order chi connectivity index (χ0) is 11.8. The number of phenolic OH excluding ortho intramolecular Hbond substituents is 1. The van der Waals surface area contributed by atoms with Gasteiger partial charge >= 0.3 is 0 Å². The van der Waals surface area contributed by atoms with E-state index in [1.54, 1.807) is 36.2 Å². The van der Waals surface area contributed by atoms with Crippen molar-refractivity contribution in [2.45, 2.75) is 24.9 Å². The van der Waals surface area contributed by atoms with Crippen LogP contribution in [-0.4, -0.2) is 28.5 Å². The highest BCUT2D eigenvalue weighted by Gasteiger charge is 2.47. The average Bonchev–Trinajstić information content (AvgIpc) is 3.00. The molecule has 3 N–H and O–H groups in total. The Labute approximate surface area is 94.7 Å². The molecule has 1 aliphatic carbocycles. The fourth-order valence-corrected chi connectivity index (χ4v) is 1.68. The zero-order valence-electron chi connectivity index (χ0n) is 9.31. The lowest BCUT2D eigenvalue weighted by Gasteiger charge is -2.20. The fourth-order valence-electron chi connectivity index (χ4n) is 1.68. The van der Waals surface area contributed by atoms with E-state index in [2.05, 4.69) is 0 Å². The molecule has 0 aromatic heterocycles. The highest BCUT2D eigenvalue weighted by Crippen LogP contribution is 2.34. The van der Waals surface area contributed by atoms with Gasteiger partial charge in [-0.2, -0.15) is 0 Å². The summed E-state index contributed by atoms with van der Waals surface area (Å²) < 4.78 is 0. The van der Waals surface area contributed by atoms with Gasteiger partial charge in [-0.25, -0.2) is 0 Å². The molecule has 0 aliphatic heterocycles. The number of hydrogen-bond donors (Lipinski definition) is 2. The van der Waals surface area contributed by atoms with Gasteiger partial charge in [-0.15, -0.1) is 0 Å². The van der Waals surface area contributed by atoms with Gasteiger partial charge in [-0.3, -0.25) is 4.79 Å². The standard InChI is InChI=1S/C12H16N2O2/c1-14(11(16)12(13)6-7-12)8-9-2-4-10(15)5-3-9/h2-5,15H,6-8,13H2,1H3. The maximum Gasteiger partial charge on any atom is 0.242 e. The van der Waals surface area contributed by atoms with E-state index in [-0.39, 0.29) is 11.7 Å². The van der Waals surface area contributed by atoms with E-state index in [0.717, 1.165) is 18.4 Å². The first-order valence-corrected chi connectivity index (χ1v) is 5.34. The molecular weight excluding hydrogens is 204 g/mol. The van der Waals surface area contributed by atoms with Crippen LogP contribution in [0.5, 0.6) is 5.75 Å². The monoisotopic (exact) mass is 220 g/mol. The molecule has 1 aromatic rings. The van der Waals surface area contributed by atoms with Crippen LogP contribution >= 0.6 is 0 Å². The molecule has 1 aromatic carbocycles. The van der Waals surface area contributed by atoms with Gasteiger partial charge in [0.1, 0.15) is 5.75 Å². The number of rotatable bonds is 3. The molecule has 2 rings (SSSR count). The van der Waals surface area contributed by atoms with Crippen molar-refractivity contribution in [3.8, 4) is 5.75 Å². The van der Waals surface area contributed by atoms with Crippen LogP contribution in [0.15, 0.2) is 24.3 Å². The summed E-state index contributed by atoms with van der Waals surface area (Å²) in [6.07, 6.45) is 1.57. The van der Waals surface area contributed by atoms with Crippen molar-refractivity contribution >= 4 is 5.91 Å². The number of aromatic hydroxyl groups is 1. The highest BCUT2D eigenvalue weighted by atomic mass is 16.3. The van der Waals surface area contributed by atoms with E-state index in [9.17, 15) is 4.79 Å². The van der Waals surface area contributed by atoms with Crippen molar-refractivity contribution in [2.24, 2.45) is 5.73 Å². The third-order valence-electron chi connectivity index (χ3n) is 2.92. The van der Waals surface area contributed by atoms with Crippen molar-refractivity contribution < 1.29 is 9.90 Å². The zero-order valence-corrected chi connectivity index (χ0v) is 9.31. The minimum atomic E-state index is -0.605. The Kier molecular flexibility index (Phi) is 2.59. The van der Waals surface area contributed by atoms with E-state index in [4.69, 9.17) is 10.8 Å². The summed E-state index contributed by atoms with van der Waals surface area (Å²) in [5, 5.41) is 9.14. The van der Waals surface area contributed by atoms with Gasteiger partial charge in [0, 0.05) is 13.6 Å². The van der Waals surface area contributed by atoms with Gasteiger partial charge in [-0.05, 0) is 30.5 Å². The molecule has 0 radical (unpaired) electrons. The van der Waals surface area contributed by atoms with Gasteiger partial charge in [0.2, 0.25) is 5.91 Å². The molecule has 0 saturated heterocycles. The SMILES string of the molecule is CN(Cc1ccc(O)cc1)C(=O)C1(N)CC1. The topological polar surface area (TPSA) is 66.6 Å². The first-order valence-electron chi connectivity index (χ1n) is 5.34. The van der Waals surface area contributed by atoms with Crippen LogP contribution in [0.1, 0.15) is 18.4 Å². The normalized spacial score (nSPS) is 16.9. The Morgan fingerprint density at radius 3 is 2.50 bits per heavy atom. The molecule has 0 bridgehead atoms. The lowest BCUT2D eigenvalue weighted by Crippen LogP contribution is -2.43. The number of phenols is 1. The third kappa shape index (κ3) is 2.17. The smallest absolute Gasteiger partial charge is 0.242 e. The Morgan fingerprint density at radius 1 is 1.44 bits per heavy atom. The van der Waals surface area contributed by atoms with Crippen LogP contribution in [-0.2, 0) is 11.3 Å². The number of likely N-dealkylation sites (N-methyl/N-ethyl adjacent to an activating group) is 1. The van der Waals surface area contributed by atoms with Crippen LogP contribution in [0.25, 0.3) is 0 Å². The average molecular weight is 220 g/mol. The first kappa shape index (κ1) is 11.0. The minimum absolute atomic E-state index is 0.000532. The van der Waals surface area contributed by atoms with E-state index >= 15 is 0 Å². The molecule has 0 heterocycles. The van der Waals surface area contributed by atoms with Gasteiger partial charge in [0.15, 0.2) is 0 Å². The molecule has 0 unspecified atom stereocenters. The summed E-state index contributed by atoms with van der Waals surface area (Å²) in [6, 6.07) is 6.83. The molecule has 0 atom stereocenters. The van der Waals surface area contributed by atoms with Gasteiger partial charge < -0.3 is 15.7 Å². The summed E-state index contributed by atoms with van der Waals surface area (Å²) in [7, 11) is 1.75.